The maximum atomic E-state index is 13.0. The standard InChI is InChI=1S/C22H24N4O.2CH2O2/c1-16-23-11-12-26(16)15-19-9-5-6-10-20(19)24-22(27)21-13-17-7-3-4-8-18(17)14-25(21)2;2*2-1-3/h3-12,21H,13-15H2,1-2H3,(H,24,27);2*1H,(H,2,3). The normalized spacial score (nSPS) is 14.4. The molecule has 3 N–H and O–H groups in total. The van der Waals surface area contributed by atoms with Crippen LogP contribution < -0.4 is 5.32 Å². The number of imidazole rings is 1. The van der Waals surface area contributed by atoms with Gasteiger partial charge in [0.25, 0.3) is 12.9 Å². The third-order valence-electron chi connectivity index (χ3n) is 5.33. The molecular weight excluding hydrogens is 424 g/mol. The number of aryl methyl sites for hydroxylation is 1. The minimum Gasteiger partial charge on any atom is -0.483 e. The minimum atomic E-state index is -0.250. The van der Waals surface area contributed by atoms with Crippen molar-refractivity contribution in [1.29, 1.82) is 0 Å². The number of hydrogen-bond acceptors (Lipinski definition) is 5. The van der Waals surface area contributed by atoms with E-state index in [0.717, 1.165) is 30.0 Å². The molecule has 0 spiro atoms. The molecule has 4 rings (SSSR count). The summed E-state index contributed by atoms with van der Waals surface area (Å²) in [6, 6.07) is 16.2. The first-order valence-corrected chi connectivity index (χ1v) is 10.2. The van der Waals surface area contributed by atoms with Crippen molar-refractivity contribution in [2.75, 3.05) is 12.4 Å². The first kappa shape index (κ1) is 25.3. The third kappa shape index (κ3) is 7.01. The van der Waals surface area contributed by atoms with Crippen LogP contribution in [0.3, 0.4) is 0 Å². The van der Waals surface area contributed by atoms with E-state index in [0.29, 0.717) is 6.54 Å². The molecule has 0 aliphatic carbocycles. The fourth-order valence-electron chi connectivity index (χ4n) is 3.70. The summed E-state index contributed by atoms with van der Waals surface area (Å²) in [5, 5.41) is 16.9. The number of fused-ring (bicyclic) bond motifs is 1. The molecule has 0 saturated carbocycles. The van der Waals surface area contributed by atoms with Gasteiger partial charge in [0.15, 0.2) is 0 Å². The van der Waals surface area contributed by atoms with E-state index < -0.39 is 0 Å². The number of carboxylic acid groups (broad SMARTS) is 2. The fraction of sp³-hybridized carbons (Fsp3) is 0.250. The van der Waals surface area contributed by atoms with Crippen LogP contribution >= 0.6 is 0 Å². The topological polar surface area (TPSA) is 125 Å². The Labute approximate surface area is 192 Å². The molecular formula is C24H28N4O5. The van der Waals surface area contributed by atoms with Crippen molar-refractivity contribution < 1.29 is 24.6 Å². The van der Waals surface area contributed by atoms with Gasteiger partial charge in [-0.3, -0.25) is 19.3 Å². The van der Waals surface area contributed by atoms with Crippen molar-refractivity contribution >= 4 is 24.5 Å². The number of aromatic nitrogens is 2. The van der Waals surface area contributed by atoms with Crippen LogP contribution in [0.1, 0.15) is 22.5 Å². The number of carbonyl (C=O) groups excluding carboxylic acids is 1. The number of para-hydroxylation sites is 1. The number of amides is 1. The second-order valence-electron chi connectivity index (χ2n) is 7.36. The smallest absolute Gasteiger partial charge is 0.290 e. The molecule has 0 bridgehead atoms. The summed E-state index contributed by atoms with van der Waals surface area (Å²) in [4.78, 5) is 36.2. The molecule has 3 aromatic rings. The van der Waals surface area contributed by atoms with Crippen LogP contribution in [0.25, 0.3) is 0 Å². The van der Waals surface area contributed by atoms with Gasteiger partial charge in [0.1, 0.15) is 5.82 Å². The molecule has 2 heterocycles. The van der Waals surface area contributed by atoms with E-state index >= 15 is 0 Å². The number of likely N-dealkylation sites (N-methyl/N-ethyl adjacent to an activating group) is 1. The summed E-state index contributed by atoms with van der Waals surface area (Å²) in [6.07, 6.45) is 4.49. The highest BCUT2D eigenvalue weighted by molar-refractivity contribution is 5.95. The lowest BCUT2D eigenvalue weighted by molar-refractivity contribution is -0.123. The fourth-order valence-corrected chi connectivity index (χ4v) is 3.70. The maximum absolute atomic E-state index is 13.0. The summed E-state index contributed by atoms with van der Waals surface area (Å²) in [5.41, 5.74) is 4.51. The maximum Gasteiger partial charge on any atom is 0.290 e. The monoisotopic (exact) mass is 452 g/mol. The molecule has 1 aliphatic heterocycles. The second kappa shape index (κ2) is 12.8. The Morgan fingerprint density at radius 3 is 2.33 bits per heavy atom. The molecule has 0 saturated heterocycles. The summed E-state index contributed by atoms with van der Waals surface area (Å²) >= 11 is 0. The van der Waals surface area contributed by atoms with E-state index in [1.54, 1.807) is 6.20 Å². The highest BCUT2D eigenvalue weighted by Crippen LogP contribution is 2.24. The van der Waals surface area contributed by atoms with Gasteiger partial charge in [-0.25, -0.2) is 4.98 Å². The molecule has 1 unspecified atom stereocenters. The lowest BCUT2D eigenvalue weighted by Crippen LogP contribution is -2.45. The highest BCUT2D eigenvalue weighted by Gasteiger charge is 2.29. The van der Waals surface area contributed by atoms with E-state index in [-0.39, 0.29) is 24.9 Å². The number of nitrogens with zero attached hydrogens (tertiary/aromatic N) is 3. The molecule has 1 amide bonds. The third-order valence-corrected chi connectivity index (χ3v) is 5.33. The van der Waals surface area contributed by atoms with Crippen molar-refractivity contribution in [2.24, 2.45) is 0 Å². The van der Waals surface area contributed by atoms with E-state index in [1.807, 2.05) is 44.4 Å². The largest absolute Gasteiger partial charge is 0.483 e. The molecule has 2 aromatic carbocycles. The van der Waals surface area contributed by atoms with Crippen molar-refractivity contribution in [3.05, 3.63) is 83.4 Å². The zero-order valence-electron chi connectivity index (χ0n) is 18.6. The van der Waals surface area contributed by atoms with Gasteiger partial charge >= 0.3 is 0 Å². The Balaban J connectivity index is 0.000000582. The molecule has 9 heteroatoms. The van der Waals surface area contributed by atoms with E-state index in [4.69, 9.17) is 19.8 Å². The molecule has 33 heavy (non-hydrogen) atoms. The number of hydrogen-bond donors (Lipinski definition) is 3. The number of rotatable bonds is 4. The highest BCUT2D eigenvalue weighted by atomic mass is 16.3. The van der Waals surface area contributed by atoms with E-state index in [1.165, 1.54) is 11.1 Å². The number of anilines is 1. The van der Waals surface area contributed by atoms with E-state index in [9.17, 15) is 4.79 Å². The van der Waals surface area contributed by atoms with Crippen LogP contribution in [0.15, 0.2) is 60.9 Å². The second-order valence-corrected chi connectivity index (χ2v) is 7.36. The van der Waals surface area contributed by atoms with Crippen LogP contribution in [-0.2, 0) is 33.9 Å². The average Bonchev–Trinajstić information content (AvgIpc) is 3.20. The predicted molar refractivity (Wildman–Crippen MR) is 124 cm³/mol. The molecule has 1 aliphatic rings. The van der Waals surface area contributed by atoms with Gasteiger partial charge in [-0.2, -0.15) is 0 Å². The van der Waals surface area contributed by atoms with Crippen LogP contribution in [-0.4, -0.2) is 56.6 Å². The van der Waals surface area contributed by atoms with Gasteiger partial charge in [-0.15, -0.1) is 0 Å². The Bertz CT molecular complexity index is 1060. The minimum absolute atomic E-state index is 0.0433. The summed E-state index contributed by atoms with van der Waals surface area (Å²) in [5.74, 6) is 1.00. The van der Waals surface area contributed by atoms with Gasteiger partial charge in [0.05, 0.1) is 12.6 Å². The molecule has 9 nitrogen and oxygen atoms in total. The van der Waals surface area contributed by atoms with Crippen molar-refractivity contribution in [3.8, 4) is 0 Å². The SMILES string of the molecule is Cc1nccn1Cc1ccccc1NC(=O)C1Cc2ccccc2CN1C.O=CO.O=CO. The summed E-state index contributed by atoms with van der Waals surface area (Å²) in [7, 11) is 2.01. The average molecular weight is 453 g/mol. The quantitative estimate of drug-likeness (QED) is 0.520. The molecule has 174 valence electrons. The lowest BCUT2D eigenvalue weighted by atomic mass is 9.94. The first-order valence-electron chi connectivity index (χ1n) is 10.2. The summed E-state index contributed by atoms with van der Waals surface area (Å²) in [6.45, 7) is 2.96. The van der Waals surface area contributed by atoms with Crippen LogP contribution in [0.4, 0.5) is 5.69 Å². The van der Waals surface area contributed by atoms with Gasteiger partial charge in [-0.1, -0.05) is 42.5 Å². The predicted octanol–water partition coefficient (Wildman–Crippen LogP) is 2.64. The molecule has 0 radical (unpaired) electrons. The van der Waals surface area contributed by atoms with Crippen LogP contribution in [0.5, 0.6) is 0 Å². The Hall–Kier alpha value is -3.98. The number of benzene rings is 2. The molecule has 0 fully saturated rings. The van der Waals surface area contributed by atoms with Gasteiger partial charge in [0, 0.05) is 24.6 Å². The van der Waals surface area contributed by atoms with Crippen molar-refractivity contribution in [3.63, 3.8) is 0 Å². The Morgan fingerprint density at radius 1 is 1.09 bits per heavy atom. The van der Waals surface area contributed by atoms with Crippen LogP contribution in [0, 0.1) is 6.92 Å². The van der Waals surface area contributed by atoms with Gasteiger partial charge in [0.2, 0.25) is 5.91 Å². The number of carbonyl (C=O) groups is 3. The zero-order valence-corrected chi connectivity index (χ0v) is 18.6. The lowest BCUT2D eigenvalue weighted by Gasteiger charge is -2.33. The molecule has 1 aromatic heterocycles. The Kier molecular flexibility index (Phi) is 9.79. The number of nitrogens with one attached hydrogen (secondary N) is 1. The van der Waals surface area contributed by atoms with Gasteiger partial charge < -0.3 is 20.1 Å². The first-order chi connectivity index (χ1) is 15.9. The van der Waals surface area contributed by atoms with Gasteiger partial charge in [-0.05, 0) is 43.1 Å². The molecule has 1 atom stereocenters. The van der Waals surface area contributed by atoms with Crippen molar-refractivity contribution in [2.45, 2.75) is 32.5 Å². The summed E-state index contributed by atoms with van der Waals surface area (Å²) < 4.78 is 2.08. The Morgan fingerprint density at radius 2 is 1.70 bits per heavy atom. The van der Waals surface area contributed by atoms with Crippen molar-refractivity contribution in [1.82, 2.24) is 14.5 Å². The van der Waals surface area contributed by atoms with Crippen LogP contribution in [0.2, 0.25) is 0 Å². The van der Waals surface area contributed by atoms with E-state index in [2.05, 4.69) is 44.0 Å². The zero-order chi connectivity index (χ0) is 24.2.